The number of fused-ring (bicyclic) bond motifs is 1. The van der Waals surface area contributed by atoms with E-state index in [1.54, 1.807) is 4.57 Å². The summed E-state index contributed by atoms with van der Waals surface area (Å²) in [6.07, 6.45) is 0.489. The number of methoxy groups -OCH3 is 1. The second-order valence-electron chi connectivity index (χ2n) is 4.39. The Morgan fingerprint density at radius 1 is 1.40 bits per heavy atom. The van der Waals surface area contributed by atoms with E-state index in [1.807, 2.05) is 0 Å². The number of H-pyrrole nitrogens is 1. The molecule has 0 saturated heterocycles. The van der Waals surface area contributed by atoms with Crippen LogP contribution in [0, 0.1) is 5.92 Å². The maximum absolute atomic E-state index is 11.7. The highest BCUT2D eigenvalue weighted by molar-refractivity contribution is 5.72. The molecular weight excluding hydrogens is 266 g/mol. The number of aromatic amines is 1. The molecule has 110 valence electrons. The van der Waals surface area contributed by atoms with Crippen LogP contribution in [0.3, 0.4) is 0 Å². The molecule has 2 rings (SSSR count). The summed E-state index contributed by atoms with van der Waals surface area (Å²) >= 11 is 0. The van der Waals surface area contributed by atoms with E-state index in [4.69, 9.17) is 20.7 Å². The largest absolute Gasteiger partial charge is 0.468 e. The highest BCUT2D eigenvalue weighted by Crippen LogP contribution is 2.19. The van der Waals surface area contributed by atoms with Gasteiger partial charge in [0.1, 0.15) is 0 Å². The van der Waals surface area contributed by atoms with Crippen molar-refractivity contribution in [2.75, 3.05) is 26.1 Å². The van der Waals surface area contributed by atoms with Gasteiger partial charge < -0.3 is 20.7 Å². The van der Waals surface area contributed by atoms with E-state index in [1.165, 1.54) is 7.11 Å². The zero-order valence-electron chi connectivity index (χ0n) is 11.0. The molecule has 2 aromatic heterocycles. The van der Waals surface area contributed by atoms with Gasteiger partial charge in [-0.05, 0) is 6.42 Å². The minimum Gasteiger partial charge on any atom is -0.468 e. The Kier molecular flexibility index (Phi) is 4.20. The third kappa shape index (κ3) is 2.58. The molecule has 0 aliphatic rings. The van der Waals surface area contributed by atoms with Gasteiger partial charge in [0.2, 0.25) is 5.95 Å². The topological polar surface area (TPSA) is 139 Å². The molecule has 2 aromatic rings. The SMILES string of the molecule is COc1nc2c(=O)[nH]c(N)nc2n1CCC(CO)CO. The molecule has 0 aliphatic carbocycles. The number of aliphatic hydroxyl groups is 2. The Morgan fingerprint density at radius 2 is 2.10 bits per heavy atom. The van der Waals surface area contributed by atoms with E-state index in [0.717, 1.165) is 0 Å². The van der Waals surface area contributed by atoms with Crippen molar-refractivity contribution < 1.29 is 14.9 Å². The minimum absolute atomic E-state index is 0.00725. The van der Waals surface area contributed by atoms with Gasteiger partial charge in [-0.25, -0.2) is 0 Å². The Balaban J connectivity index is 2.42. The van der Waals surface area contributed by atoms with Gasteiger partial charge in [-0.2, -0.15) is 9.97 Å². The van der Waals surface area contributed by atoms with E-state index in [-0.39, 0.29) is 36.6 Å². The minimum atomic E-state index is -0.439. The van der Waals surface area contributed by atoms with Crippen molar-refractivity contribution in [3.05, 3.63) is 10.4 Å². The first-order valence-corrected chi connectivity index (χ1v) is 6.12. The van der Waals surface area contributed by atoms with Gasteiger partial charge in [-0.1, -0.05) is 0 Å². The molecular formula is C11H17N5O4. The number of nitrogens with one attached hydrogen (secondary N) is 1. The molecule has 0 aliphatic heterocycles. The predicted octanol–water partition coefficient (Wildman–Crippen LogP) is -1.30. The molecule has 9 nitrogen and oxygen atoms in total. The lowest BCUT2D eigenvalue weighted by Crippen LogP contribution is -2.16. The number of hydrogen-bond donors (Lipinski definition) is 4. The number of aryl methyl sites for hydroxylation is 1. The average Bonchev–Trinajstić information content (AvgIpc) is 2.78. The summed E-state index contributed by atoms with van der Waals surface area (Å²) in [7, 11) is 1.44. The van der Waals surface area contributed by atoms with Crippen LogP contribution in [0.4, 0.5) is 5.95 Å². The zero-order chi connectivity index (χ0) is 14.7. The molecule has 0 radical (unpaired) electrons. The van der Waals surface area contributed by atoms with Gasteiger partial charge in [0.25, 0.3) is 11.6 Å². The van der Waals surface area contributed by atoms with Crippen LogP contribution >= 0.6 is 0 Å². The number of ether oxygens (including phenoxy) is 1. The number of hydrogen-bond acceptors (Lipinski definition) is 7. The fourth-order valence-corrected chi connectivity index (χ4v) is 1.92. The van der Waals surface area contributed by atoms with Crippen molar-refractivity contribution >= 4 is 17.1 Å². The predicted molar refractivity (Wildman–Crippen MR) is 71.4 cm³/mol. The van der Waals surface area contributed by atoms with Crippen LogP contribution in [0.5, 0.6) is 6.01 Å². The Hall–Kier alpha value is -2.13. The van der Waals surface area contributed by atoms with Gasteiger partial charge in [0.05, 0.1) is 7.11 Å². The van der Waals surface area contributed by atoms with Gasteiger partial charge >= 0.3 is 0 Å². The van der Waals surface area contributed by atoms with Crippen molar-refractivity contribution in [2.45, 2.75) is 13.0 Å². The third-order valence-electron chi connectivity index (χ3n) is 3.05. The van der Waals surface area contributed by atoms with Crippen LogP contribution in [0.15, 0.2) is 4.79 Å². The van der Waals surface area contributed by atoms with Gasteiger partial charge in [-0.15, -0.1) is 0 Å². The highest BCUT2D eigenvalue weighted by atomic mass is 16.5. The van der Waals surface area contributed by atoms with E-state index in [0.29, 0.717) is 18.6 Å². The lowest BCUT2D eigenvalue weighted by molar-refractivity contribution is 0.139. The highest BCUT2D eigenvalue weighted by Gasteiger charge is 2.17. The standard InChI is InChI=1S/C11H17N5O4/c1-20-11-13-7-8(14-10(12)15-9(7)19)16(11)3-2-6(4-17)5-18/h6,17-18H,2-5H2,1H3,(H3,12,14,15,19). The van der Waals surface area contributed by atoms with Gasteiger partial charge in [0.15, 0.2) is 11.2 Å². The molecule has 0 amide bonds. The molecule has 0 fully saturated rings. The second kappa shape index (κ2) is 5.88. The van der Waals surface area contributed by atoms with Crippen LogP contribution in [0.1, 0.15) is 6.42 Å². The van der Waals surface area contributed by atoms with Crippen molar-refractivity contribution in [2.24, 2.45) is 5.92 Å². The fraction of sp³-hybridized carbons (Fsp3) is 0.545. The molecule has 0 aromatic carbocycles. The summed E-state index contributed by atoms with van der Waals surface area (Å²) in [5, 5.41) is 18.2. The third-order valence-corrected chi connectivity index (χ3v) is 3.05. The summed E-state index contributed by atoms with van der Waals surface area (Å²) in [4.78, 5) is 22.2. The number of imidazole rings is 1. The molecule has 0 saturated carbocycles. The number of aliphatic hydroxyl groups excluding tert-OH is 2. The van der Waals surface area contributed by atoms with Crippen LogP contribution in [0.2, 0.25) is 0 Å². The Labute approximate surface area is 114 Å². The molecule has 5 N–H and O–H groups in total. The molecule has 9 heteroatoms. The zero-order valence-corrected chi connectivity index (χ0v) is 11.0. The van der Waals surface area contributed by atoms with E-state index in [9.17, 15) is 4.79 Å². The van der Waals surface area contributed by atoms with Crippen molar-refractivity contribution in [3.8, 4) is 6.01 Å². The summed E-state index contributed by atoms with van der Waals surface area (Å²) < 4.78 is 6.71. The summed E-state index contributed by atoms with van der Waals surface area (Å²) in [5.41, 5.74) is 5.54. The number of nitrogens with zero attached hydrogens (tertiary/aromatic N) is 3. The average molecular weight is 283 g/mol. The lowest BCUT2D eigenvalue weighted by Gasteiger charge is -2.12. The van der Waals surface area contributed by atoms with Gasteiger partial charge in [0, 0.05) is 25.7 Å². The number of nitrogen functional groups attached to an aromatic ring is 1. The number of aromatic nitrogens is 4. The lowest BCUT2D eigenvalue weighted by atomic mass is 10.1. The Morgan fingerprint density at radius 3 is 2.70 bits per heavy atom. The molecule has 0 bridgehead atoms. The van der Waals surface area contributed by atoms with Crippen LogP contribution in [-0.4, -0.2) is 50.1 Å². The van der Waals surface area contributed by atoms with Crippen molar-refractivity contribution in [1.82, 2.24) is 19.5 Å². The molecule has 0 spiro atoms. The normalized spacial score (nSPS) is 11.4. The van der Waals surface area contributed by atoms with E-state index < -0.39 is 5.56 Å². The van der Waals surface area contributed by atoms with Gasteiger partial charge in [-0.3, -0.25) is 14.3 Å². The smallest absolute Gasteiger partial charge is 0.298 e. The summed E-state index contributed by atoms with van der Waals surface area (Å²) in [5.74, 6) is -0.260. The number of anilines is 1. The maximum atomic E-state index is 11.7. The Bertz CT molecular complexity index is 646. The van der Waals surface area contributed by atoms with Crippen LogP contribution in [0.25, 0.3) is 11.2 Å². The van der Waals surface area contributed by atoms with Crippen LogP contribution < -0.4 is 16.0 Å². The first-order valence-electron chi connectivity index (χ1n) is 6.12. The van der Waals surface area contributed by atoms with Crippen molar-refractivity contribution in [1.29, 1.82) is 0 Å². The van der Waals surface area contributed by atoms with Crippen LogP contribution in [-0.2, 0) is 6.54 Å². The molecule has 0 atom stereocenters. The molecule has 0 unspecified atom stereocenters. The number of rotatable bonds is 6. The first-order chi connectivity index (χ1) is 9.60. The summed E-state index contributed by atoms with van der Waals surface area (Å²) in [6.45, 7) is 0.143. The molecule has 2 heterocycles. The quantitative estimate of drug-likeness (QED) is 0.516. The second-order valence-corrected chi connectivity index (χ2v) is 4.39. The van der Waals surface area contributed by atoms with Crippen molar-refractivity contribution in [3.63, 3.8) is 0 Å². The summed E-state index contributed by atoms with van der Waals surface area (Å²) in [6, 6.07) is 0.234. The monoisotopic (exact) mass is 283 g/mol. The first kappa shape index (κ1) is 14.3. The van der Waals surface area contributed by atoms with E-state index in [2.05, 4.69) is 15.0 Å². The number of nitrogens with two attached hydrogens (primary N) is 1. The van der Waals surface area contributed by atoms with E-state index >= 15 is 0 Å². The fourth-order valence-electron chi connectivity index (χ4n) is 1.92. The maximum Gasteiger partial charge on any atom is 0.298 e. The molecule has 20 heavy (non-hydrogen) atoms.